The van der Waals surface area contributed by atoms with Gasteiger partial charge in [-0.05, 0) is 93.2 Å². The van der Waals surface area contributed by atoms with Gasteiger partial charge in [0.15, 0.2) is 5.82 Å². The molecular formula is C32H36F2N6O4. The average molecular weight is 607 g/mol. The number of rotatable bonds is 1. The zero-order chi connectivity index (χ0) is 30.8. The van der Waals surface area contributed by atoms with E-state index in [4.69, 9.17) is 9.47 Å². The summed E-state index contributed by atoms with van der Waals surface area (Å²) in [6.07, 6.45) is 5.84. The maximum atomic E-state index is 16.3. The molecule has 6 heterocycles. The summed E-state index contributed by atoms with van der Waals surface area (Å²) in [5.41, 5.74) is 0.458. The molecule has 12 heteroatoms. The summed E-state index contributed by atoms with van der Waals surface area (Å²) in [6, 6.07) is 5.46. The number of amides is 1. The van der Waals surface area contributed by atoms with E-state index in [9.17, 15) is 9.90 Å². The van der Waals surface area contributed by atoms with Crippen molar-refractivity contribution in [3.05, 3.63) is 47.7 Å². The molecule has 0 aliphatic carbocycles. The summed E-state index contributed by atoms with van der Waals surface area (Å²) in [4.78, 5) is 30.0. The van der Waals surface area contributed by atoms with Gasteiger partial charge < -0.3 is 29.7 Å². The highest BCUT2D eigenvalue weighted by molar-refractivity contribution is 6.01. The Bertz CT molecular complexity index is 1700. The predicted molar refractivity (Wildman–Crippen MR) is 163 cm³/mol. The number of hydrogen-bond donors (Lipinski definition) is 2. The van der Waals surface area contributed by atoms with Gasteiger partial charge in [-0.15, -0.1) is 0 Å². The lowest BCUT2D eigenvalue weighted by Gasteiger charge is -2.34. The number of alkyl carbamates (subject to hydrolysis) is 1. The number of nitrogens with zero attached hydrogens (tertiary/aromatic N) is 5. The van der Waals surface area contributed by atoms with Gasteiger partial charge >= 0.3 is 12.1 Å². The van der Waals surface area contributed by atoms with Crippen LogP contribution in [0.15, 0.2) is 30.5 Å². The van der Waals surface area contributed by atoms with Gasteiger partial charge in [0.05, 0.1) is 19.1 Å². The van der Waals surface area contributed by atoms with Crippen molar-refractivity contribution in [3.63, 3.8) is 0 Å². The van der Waals surface area contributed by atoms with Crippen LogP contribution < -0.4 is 15.0 Å². The number of piperidine rings is 1. The van der Waals surface area contributed by atoms with E-state index >= 15 is 8.78 Å². The molecule has 0 spiro atoms. The fourth-order valence-electron chi connectivity index (χ4n) is 6.26. The van der Waals surface area contributed by atoms with E-state index in [0.29, 0.717) is 47.1 Å². The first-order chi connectivity index (χ1) is 21.3. The SMILES string of the molecule is CN1CCCC1.COc1nc2c3cnc(c(F)c3n1)-c1cc(O)cc3ccc(F)c(c13)CCCOC(=O)NC1CCCN2C1. The van der Waals surface area contributed by atoms with Crippen LogP contribution in [0, 0.1) is 11.6 Å². The van der Waals surface area contributed by atoms with Crippen LogP contribution in [0.3, 0.4) is 0 Å². The number of phenols is 1. The minimum Gasteiger partial charge on any atom is -0.508 e. The van der Waals surface area contributed by atoms with Gasteiger partial charge in [-0.2, -0.15) is 9.97 Å². The van der Waals surface area contributed by atoms with Crippen molar-refractivity contribution in [1.82, 2.24) is 25.2 Å². The zero-order valence-electron chi connectivity index (χ0n) is 24.9. The van der Waals surface area contributed by atoms with E-state index in [1.54, 1.807) is 0 Å². The quantitative estimate of drug-likeness (QED) is 0.302. The predicted octanol–water partition coefficient (Wildman–Crippen LogP) is 5.19. The number of pyridine rings is 1. The van der Waals surface area contributed by atoms with E-state index in [2.05, 4.69) is 32.2 Å². The molecule has 1 unspecified atom stereocenters. The Hall–Kier alpha value is -4.32. The lowest BCUT2D eigenvalue weighted by molar-refractivity contribution is 0.139. The summed E-state index contributed by atoms with van der Waals surface area (Å²) in [5, 5.41) is 14.7. The molecule has 0 radical (unpaired) electrons. The molecule has 4 aromatic rings. The Morgan fingerprint density at radius 1 is 1.09 bits per heavy atom. The maximum absolute atomic E-state index is 16.3. The number of fused-ring (bicyclic) bond motifs is 6. The number of benzene rings is 2. The molecule has 1 atom stereocenters. The van der Waals surface area contributed by atoms with Crippen molar-refractivity contribution in [1.29, 1.82) is 0 Å². The van der Waals surface area contributed by atoms with Crippen molar-refractivity contribution in [2.24, 2.45) is 0 Å². The number of nitrogens with one attached hydrogen (secondary N) is 1. The number of hydrogen-bond acceptors (Lipinski definition) is 9. The van der Waals surface area contributed by atoms with Gasteiger partial charge in [0, 0.05) is 30.9 Å². The van der Waals surface area contributed by atoms with E-state index in [1.165, 1.54) is 63.5 Å². The highest BCUT2D eigenvalue weighted by atomic mass is 19.1. The zero-order valence-corrected chi connectivity index (χ0v) is 24.9. The van der Waals surface area contributed by atoms with Crippen molar-refractivity contribution in [3.8, 4) is 23.0 Å². The van der Waals surface area contributed by atoms with Gasteiger partial charge in [0.1, 0.15) is 28.6 Å². The molecule has 2 N–H and O–H groups in total. The van der Waals surface area contributed by atoms with Crippen LogP contribution in [-0.2, 0) is 11.2 Å². The standard InChI is InChI=1S/C27H25F2N5O4.C5H11N/c1-37-26-32-24-19-12-30-23(22(24)29)18-11-16(35)10-14-6-7-20(28)17(21(14)18)5-3-9-38-27(36)31-15-4-2-8-34(13-15)25(19)33-26;1-6-4-2-3-5-6/h6-7,10-12,15,35H,2-5,8-9,13H2,1H3,(H,31,36);2-5H2,1H3. The highest BCUT2D eigenvalue weighted by Crippen LogP contribution is 2.39. The van der Waals surface area contributed by atoms with Crippen LogP contribution in [0.5, 0.6) is 11.8 Å². The Kier molecular flexibility index (Phi) is 8.60. The van der Waals surface area contributed by atoms with Gasteiger partial charge in [-0.1, -0.05) is 6.07 Å². The number of aromatic hydroxyl groups is 1. The molecule has 4 aliphatic rings. The summed E-state index contributed by atoms with van der Waals surface area (Å²) in [6.45, 7) is 3.78. The van der Waals surface area contributed by atoms with Gasteiger partial charge in [0.2, 0.25) is 0 Å². The van der Waals surface area contributed by atoms with Crippen LogP contribution >= 0.6 is 0 Å². The third kappa shape index (κ3) is 6.03. The molecule has 1 amide bonds. The van der Waals surface area contributed by atoms with Crippen LogP contribution in [0.1, 0.15) is 37.7 Å². The lowest BCUT2D eigenvalue weighted by atomic mass is 9.93. The van der Waals surface area contributed by atoms with Gasteiger partial charge in [-0.25, -0.2) is 13.6 Å². The number of methoxy groups -OCH3 is 1. The normalized spacial score (nSPS) is 19.0. The van der Waals surface area contributed by atoms with E-state index in [1.807, 2.05) is 4.90 Å². The summed E-state index contributed by atoms with van der Waals surface area (Å²) < 4.78 is 42.1. The van der Waals surface area contributed by atoms with E-state index in [0.717, 1.165) is 12.8 Å². The molecule has 232 valence electrons. The number of carbonyl (C=O) groups is 1. The topological polar surface area (TPSA) is 113 Å². The Morgan fingerprint density at radius 2 is 1.91 bits per heavy atom. The first-order valence-electron chi connectivity index (χ1n) is 15.0. The van der Waals surface area contributed by atoms with Crippen LogP contribution in [0.4, 0.5) is 19.4 Å². The monoisotopic (exact) mass is 606 g/mol. The molecule has 2 aromatic carbocycles. The number of carbonyl (C=O) groups excluding carboxylic acids is 1. The fraction of sp³-hybridized carbons (Fsp3) is 0.438. The van der Waals surface area contributed by atoms with E-state index < -0.39 is 17.7 Å². The average Bonchev–Trinajstić information content (AvgIpc) is 3.50. The van der Waals surface area contributed by atoms with Crippen molar-refractivity contribution < 1.29 is 28.2 Å². The van der Waals surface area contributed by atoms with Crippen molar-refractivity contribution >= 4 is 33.6 Å². The van der Waals surface area contributed by atoms with E-state index in [-0.39, 0.29) is 47.6 Å². The Labute approximate surface area is 254 Å². The second kappa shape index (κ2) is 12.7. The second-order valence-electron chi connectivity index (χ2n) is 11.5. The molecule has 0 saturated carbocycles. The third-order valence-corrected chi connectivity index (χ3v) is 8.41. The van der Waals surface area contributed by atoms with Crippen molar-refractivity contribution in [2.45, 2.75) is 44.6 Å². The Morgan fingerprint density at radius 3 is 2.66 bits per heavy atom. The van der Waals surface area contributed by atoms with Crippen LogP contribution in [0.25, 0.3) is 32.9 Å². The largest absolute Gasteiger partial charge is 0.508 e. The molecule has 6 bridgehead atoms. The lowest BCUT2D eigenvalue weighted by Crippen LogP contribution is -2.48. The molecule has 2 aromatic heterocycles. The third-order valence-electron chi connectivity index (χ3n) is 8.41. The van der Waals surface area contributed by atoms with Gasteiger partial charge in [-0.3, -0.25) is 4.98 Å². The number of aryl methyl sites for hydroxylation is 1. The summed E-state index contributed by atoms with van der Waals surface area (Å²) >= 11 is 0. The molecule has 8 rings (SSSR count). The second-order valence-corrected chi connectivity index (χ2v) is 11.5. The molecule has 2 fully saturated rings. The van der Waals surface area contributed by atoms with Crippen LogP contribution in [-0.4, -0.2) is 84.0 Å². The Balaban J connectivity index is 0.000000513. The number of halogens is 2. The maximum Gasteiger partial charge on any atom is 0.407 e. The first-order valence-corrected chi connectivity index (χ1v) is 15.0. The molecular weight excluding hydrogens is 570 g/mol. The number of ether oxygens (including phenoxy) is 2. The fourth-order valence-corrected chi connectivity index (χ4v) is 6.26. The summed E-state index contributed by atoms with van der Waals surface area (Å²) in [5.74, 6) is -0.902. The van der Waals surface area contributed by atoms with Crippen molar-refractivity contribution in [2.75, 3.05) is 51.8 Å². The first kappa shape index (κ1) is 29.7. The number of anilines is 1. The number of aromatic nitrogens is 3. The smallest absolute Gasteiger partial charge is 0.407 e. The van der Waals surface area contributed by atoms with Gasteiger partial charge in [0.25, 0.3) is 0 Å². The molecule has 44 heavy (non-hydrogen) atoms. The van der Waals surface area contributed by atoms with Crippen LogP contribution in [0.2, 0.25) is 0 Å². The minimum absolute atomic E-state index is 0.00916. The number of likely N-dealkylation sites (tertiary alicyclic amines) is 1. The highest BCUT2D eigenvalue weighted by Gasteiger charge is 2.28. The summed E-state index contributed by atoms with van der Waals surface area (Å²) in [7, 11) is 3.57. The minimum atomic E-state index is -0.735. The molecule has 2 saturated heterocycles. The molecule has 4 aliphatic heterocycles. The number of phenolic OH excluding ortho intramolecular Hbond substituents is 1. The molecule has 10 nitrogen and oxygen atoms in total.